The van der Waals surface area contributed by atoms with E-state index < -0.39 is 4.92 Å². The van der Waals surface area contributed by atoms with Crippen molar-refractivity contribution >= 4 is 22.8 Å². The van der Waals surface area contributed by atoms with Gasteiger partial charge in [-0.3, -0.25) is 10.1 Å². The average molecular weight is 263 g/mol. The smallest absolute Gasteiger partial charge is 0.311 e. The van der Waals surface area contributed by atoms with Crippen LogP contribution in [0.15, 0.2) is 23.7 Å². The van der Waals surface area contributed by atoms with Gasteiger partial charge < -0.3 is 5.32 Å². The molecule has 0 saturated heterocycles. The molecular formula is C12H13N3O2S. The van der Waals surface area contributed by atoms with Crippen molar-refractivity contribution in [3.8, 4) is 0 Å². The van der Waals surface area contributed by atoms with Gasteiger partial charge in [0.1, 0.15) is 0 Å². The highest BCUT2D eigenvalue weighted by Gasteiger charge is 2.15. The van der Waals surface area contributed by atoms with Gasteiger partial charge in [0.05, 0.1) is 11.5 Å². The Kier molecular flexibility index (Phi) is 3.57. The molecule has 0 aliphatic heterocycles. The molecule has 1 N–H and O–H groups in total. The number of hydrogen-bond donors (Lipinski definition) is 1. The summed E-state index contributed by atoms with van der Waals surface area (Å²) in [4.78, 5) is 15.8. The van der Waals surface area contributed by atoms with E-state index in [9.17, 15) is 10.1 Å². The molecule has 94 valence electrons. The van der Waals surface area contributed by atoms with Crippen LogP contribution in [-0.2, 0) is 6.54 Å². The highest BCUT2D eigenvalue weighted by atomic mass is 32.1. The van der Waals surface area contributed by atoms with Gasteiger partial charge in [-0.25, -0.2) is 4.98 Å². The minimum Gasteiger partial charge on any atom is -0.359 e. The highest BCUT2D eigenvalue weighted by molar-refractivity contribution is 7.10. The molecule has 0 aliphatic rings. The van der Waals surface area contributed by atoms with Crippen molar-refractivity contribution in [2.45, 2.75) is 20.4 Å². The van der Waals surface area contributed by atoms with E-state index >= 15 is 0 Å². The molecule has 2 rings (SSSR count). The summed E-state index contributed by atoms with van der Waals surface area (Å²) < 4.78 is 0. The molecule has 0 aliphatic carbocycles. The lowest BCUT2D eigenvalue weighted by Crippen LogP contribution is -2.04. The Balaban J connectivity index is 2.19. The molecule has 2 aromatic rings. The minimum atomic E-state index is -0.413. The average Bonchev–Trinajstić information content (AvgIpc) is 2.73. The molecule has 5 nitrogen and oxygen atoms in total. The van der Waals surface area contributed by atoms with Gasteiger partial charge in [0.2, 0.25) is 5.82 Å². The number of nitro groups is 1. The molecule has 0 atom stereocenters. The van der Waals surface area contributed by atoms with Crippen molar-refractivity contribution < 1.29 is 4.92 Å². The van der Waals surface area contributed by atoms with E-state index in [2.05, 4.69) is 10.3 Å². The first-order valence-electron chi connectivity index (χ1n) is 5.46. The standard InChI is InChI=1S/C12H13N3O2S/c1-8-5-10(15(16)17)12(13-6-8)14-7-11-9(2)3-4-18-11/h3-6H,7H2,1-2H3,(H,13,14). The zero-order valence-electron chi connectivity index (χ0n) is 10.1. The second-order valence-electron chi connectivity index (χ2n) is 4.02. The summed E-state index contributed by atoms with van der Waals surface area (Å²) in [5, 5.41) is 16.0. The third-order valence-corrected chi connectivity index (χ3v) is 3.61. The van der Waals surface area contributed by atoms with Crippen LogP contribution in [0.2, 0.25) is 0 Å². The second-order valence-corrected chi connectivity index (χ2v) is 5.02. The van der Waals surface area contributed by atoms with Gasteiger partial charge in [0, 0.05) is 17.1 Å². The highest BCUT2D eigenvalue weighted by Crippen LogP contribution is 2.24. The fourth-order valence-electron chi connectivity index (χ4n) is 1.58. The summed E-state index contributed by atoms with van der Waals surface area (Å²) in [5.41, 5.74) is 1.98. The van der Waals surface area contributed by atoms with Crippen LogP contribution in [0.3, 0.4) is 0 Å². The monoisotopic (exact) mass is 263 g/mol. The number of pyridine rings is 1. The summed E-state index contributed by atoms with van der Waals surface area (Å²) in [7, 11) is 0. The molecule has 0 radical (unpaired) electrons. The van der Waals surface area contributed by atoms with Crippen LogP contribution in [0.5, 0.6) is 0 Å². The predicted octanol–water partition coefficient (Wildman–Crippen LogP) is 3.28. The third-order valence-electron chi connectivity index (χ3n) is 2.59. The van der Waals surface area contributed by atoms with Crippen molar-refractivity contribution in [3.05, 3.63) is 49.8 Å². The van der Waals surface area contributed by atoms with Crippen molar-refractivity contribution in [3.63, 3.8) is 0 Å². The largest absolute Gasteiger partial charge is 0.359 e. The number of thiophene rings is 1. The molecule has 18 heavy (non-hydrogen) atoms. The zero-order valence-corrected chi connectivity index (χ0v) is 11.0. The SMILES string of the molecule is Cc1cnc(NCc2sccc2C)c([N+](=O)[O-])c1. The van der Waals surface area contributed by atoms with Crippen LogP contribution in [0.4, 0.5) is 11.5 Å². The summed E-state index contributed by atoms with van der Waals surface area (Å²) >= 11 is 1.63. The number of aryl methyl sites for hydroxylation is 2. The Morgan fingerprint density at radius 3 is 2.89 bits per heavy atom. The third kappa shape index (κ3) is 2.65. The lowest BCUT2D eigenvalue weighted by atomic mass is 10.2. The number of anilines is 1. The molecule has 0 fully saturated rings. The van der Waals surface area contributed by atoms with Crippen LogP contribution in [-0.4, -0.2) is 9.91 Å². The van der Waals surface area contributed by atoms with Gasteiger partial charge in [-0.15, -0.1) is 11.3 Å². The number of rotatable bonds is 4. The van der Waals surface area contributed by atoms with Gasteiger partial charge >= 0.3 is 5.69 Å². The first-order chi connectivity index (χ1) is 8.58. The first kappa shape index (κ1) is 12.5. The molecule has 0 amide bonds. The molecule has 0 aromatic carbocycles. The summed E-state index contributed by atoms with van der Waals surface area (Å²) in [6.45, 7) is 4.36. The lowest BCUT2D eigenvalue weighted by Gasteiger charge is -2.06. The minimum absolute atomic E-state index is 0.0178. The van der Waals surface area contributed by atoms with Crippen LogP contribution in [0.1, 0.15) is 16.0 Å². The Hall–Kier alpha value is -1.95. The van der Waals surface area contributed by atoms with E-state index in [1.54, 1.807) is 24.5 Å². The zero-order chi connectivity index (χ0) is 13.1. The maximum absolute atomic E-state index is 10.9. The molecule has 2 heterocycles. The van der Waals surface area contributed by atoms with Crippen LogP contribution < -0.4 is 5.32 Å². The molecule has 0 unspecified atom stereocenters. The normalized spacial score (nSPS) is 10.3. The van der Waals surface area contributed by atoms with E-state index in [0.717, 1.165) is 10.4 Å². The van der Waals surface area contributed by atoms with Crippen LogP contribution in [0, 0.1) is 24.0 Å². The van der Waals surface area contributed by atoms with Gasteiger partial charge in [0.15, 0.2) is 0 Å². The fraction of sp³-hybridized carbons (Fsp3) is 0.250. The number of nitrogens with zero attached hydrogens (tertiary/aromatic N) is 2. The first-order valence-corrected chi connectivity index (χ1v) is 6.34. The van der Waals surface area contributed by atoms with E-state index in [-0.39, 0.29) is 5.69 Å². The molecule has 2 aromatic heterocycles. The number of hydrogen-bond acceptors (Lipinski definition) is 5. The Labute approximate surface area is 109 Å². The summed E-state index contributed by atoms with van der Waals surface area (Å²) in [6.07, 6.45) is 1.62. The van der Waals surface area contributed by atoms with E-state index in [1.165, 1.54) is 11.6 Å². The van der Waals surface area contributed by atoms with Gasteiger partial charge in [-0.2, -0.15) is 0 Å². The van der Waals surface area contributed by atoms with Crippen molar-refractivity contribution in [2.75, 3.05) is 5.32 Å². The van der Waals surface area contributed by atoms with Gasteiger partial charge in [0.25, 0.3) is 0 Å². The molecular weight excluding hydrogens is 250 g/mol. The molecule has 6 heteroatoms. The summed E-state index contributed by atoms with van der Waals surface area (Å²) in [6, 6.07) is 3.55. The van der Waals surface area contributed by atoms with E-state index in [0.29, 0.717) is 12.4 Å². The Bertz CT molecular complexity index is 580. The summed E-state index contributed by atoms with van der Waals surface area (Å²) in [5.74, 6) is 0.318. The van der Waals surface area contributed by atoms with Gasteiger partial charge in [-0.05, 0) is 36.4 Å². The predicted molar refractivity (Wildman–Crippen MR) is 72.0 cm³/mol. The maximum Gasteiger partial charge on any atom is 0.311 e. The van der Waals surface area contributed by atoms with Crippen LogP contribution in [0.25, 0.3) is 0 Å². The molecule has 0 spiro atoms. The number of nitrogens with one attached hydrogen (secondary N) is 1. The lowest BCUT2D eigenvalue weighted by molar-refractivity contribution is -0.384. The topological polar surface area (TPSA) is 68.1 Å². The Morgan fingerprint density at radius 1 is 1.50 bits per heavy atom. The second kappa shape index (κ2) is 5.14. The quantitative estimate of drug-likeness (QED) is 0.679. The van der Waals surface area contributed by atoms with Crippen molar-refractivity contribution in [1.29, 1.82) is 0 Å². The van der Waals surface area contributed by atoms with Crippen LogP contribution >= 0.6 is 11.3 Å². The van der Waals surface area contributed by atoms with E-state index in [1.807, 2.05) is 18.4 Å². The number of aromatic nitrogens is 1. The fourth-order valence-corrected chi connectivity index (χ4v) is 2.42. The Morgan fingerprint density at radius 2 is 2.28 bits per heavy atom. The van der Waals surface area contributed by atoms with Crippen molar-refractivity contribution in [1.82, 2.24) is 4.98 Å². The molecule has 0 saturated carbocycles. The van der Waals surface area contributed by atoms with E-state index in [4.69, 9.17) is 0 Å². The van der Waals surface area contributed by atoms with Crippen molar-refractivity contribution in [2.24, 2.45) is 0 Å². The maximum atomic E-state index is 10.9. The van der Waals surface area contributed by atoms with Gasteiger partial charge in [-0.1, -0.05) is 0 Å². The molecule has 0 bridgehead atoms.